The maximum absolute atomic E-state index is 10.7. The van der Waals surface area contributed by atoms with Gasteiger partial charge in [-0.25, -0.2) is 4.79 Å². The zero-order valence-electron chi connectivity index (χ0n) is 17.5. The van der Waals surface area contributed by atoms with Gasteiger partial charge in [0, 0.05) is 41.8 Å². The third-order valence-electron chi connectivity index (χ3n) is 5.12. The smallest absolute Gasteiger partial charge is 0.490 e. The van der Waals surface area contributed by atoms with Crippen LogP contribution in [0.1, 0.15) is 17.7 Å². The number of hydrogen-bond acceptors (Lipinski definition) is 5. The average molecular weight is 465 g/mol. The topological polar surface area (TPSA) is 107 Å². The molecule has 0 unspecified atom stereocenters. The molecule has 4 rings (SSSR count). The van der Waals surface area contributed by atoms with Crippen molar-refractivity contribution in [2.45, 2.75) is 32.1 Å². The van der Waals surface area contributed by atoms with Gasteiger partial charge in [-0.2, -0.15) is 13.2 Å². The molecule has 8 nitrogen and oxygen atoms in total. The second kappa shape index (κ2) is 10.3. The molecule has 0 saturated carbocycles. The van der Waals surface area contributed by atoms with Crippen LogP contribution in [0.5, 0.6) is 5.75 Å². The summed E-state index contributed by atoms with van der Waals surface area (Å²) < 4.78 is 39.9. The number of fused-ring (bicyclic) bond motifs is 3. The zero-order chi connectivity index (χ0) is 24.0. The number of ether oxygens (including phenoxy) is 1. The van der Waals surface area contributed by atoms with Gasteiger partial charge in [0.05, 0.1) is 11.5 Å². The number of halogens is 3. The molecule has 2 N–H and O–H groups in total. The molecule has 0 atom stereocenters. The number of nitrogens with one attached hydrogen (secondary N) is 1. The summed E-state index contributed by atoms with van der Waals surface area (Å²) in [6, 6.07) is 14.8. The minimum absolute atomic E-state index is 0.0790. The summed E-state index contributed by atoms with van der Waals surface area (Å²) in [6.07, 6.45) is -3.13. The van der Waals surface area contributed by atoms with Gasteiger partial charge >= 0.3 is 12.1 Å². The van der Waals surface area contributed by atoms with Crippen molar-refractivity contribution in [1.82, 2.24) is 9.88 Å². The summed E-state index contributed by atoms with van der Waals surface area (Å²) in [7, 11) is 0. The molecule has 0 radical (unpaired) electrons. The fourth-order valence-corrected chi connectivity index (χ4v) is 3.66. The lowest BCUT2D eigenvalue weighted by Crippen LogP contribution is -2.25. The van der Waals surface area contributed by atoms with E-state index in [2.05, 4.69) is 34.1 Å². The third kappa shape index (κ3) is 6.01. The van der Waals surface area contributed by atoms with Crippen LogP contribution in [0.4, 0.5) is 18.9 Å². The molecule has 0 fully saturated rings. The van der Waals surface area contributed by atoms with Crippen molar-refractivity contribution in [1.29, 1.82) is 0 Å². The number of hydrogen-bond donors (Lipinski definition) is 2. The normalized spacial score (nSPS) is 13.1. The molecule has 0 saturated heterocycles. The Bertz CT molecular complexity index is 1130. The fraction of sp³-hybridized carbons (Fsp3) is 0.318. The van der Waals surface area contributed by atoms with E-state index in [1.54, 1.807) is 12.1 Å². The van der Waals surface area contributed by atoms with E-state index in [-0.39, 0.29) is 5.69 Å². The maximum Gasteiger partial charge on any atom is 0.490 e. The molecule has 1 aliphatic heterocycles. The van der Waals surface area contributed by atoms with Crippen LogP contribution in [-0.4, -0.2) is 39.9 Å². The number of alkyl halides is 3. The number of aliphatic carboxylic acids is 1. The van der Waals surface area contributed by atoms with Crippen LogP contribution in [0.2, 0.25) is 0 Å². The molecule has 33 heavy (non-hydrogen) atoms. The maximum atomic E-state index is 10.7. The number of benzene rings is 2. The van der Waals surface area contributed by atoms with Crippen molar-refractivity contribution in [3.63, 3.8) is 0 Å². The number of carboxylic acid groups (broad SMARTS) is 1. The number of aryl methyl sites for hydroxylation is 1. The lowest BCUT2D eigenvalue weighted by atomic mass is 10.1. The SMILES string of the molecule is O=C(O)C(F)(F)F.O=[N+]([O-])c1ccc(OCCCn2c3c(c4ccccc42)CCNC3)cc1. The highest BCUT2D eigenvalue weighted by molar-refractivity contribution is 5.85. The first kappa shape index (κ1) is 24.1. The number of carbonyl (C=O) groups is 1. The van der Waals surface area contributed by atoms with Crippen LogP contribution in [0.3, 0.4) is 0 Å². The van der Waals surface area contributed by atoms with Gasteiger partial charge in [-0.1, -0.05) is 18.2 Å². The van der Waals surface area contributed by atoms with Gasteiger partial charge in [-0.05, 0) is 43.1 Å². The Hall–Kier alpha value is -3.60. The number of non-ortho nitro benzene ring substituents is 1. The summed E-state index contributed by atoms with van der Waals surface area (Å²) in [4.78, 5) is 19.2. The first-order valence-corrected chi connectivity index (χ1v) is 10.2. The number of rotatable bonds is 6. The minimum Gasteiger partial charge on any atom is -0.494 e. The number of nitro benzene ring substituents is 1. The number of aromatic nitrogens is 1. The van der Waals surface area contributed by atoms with E-state index in [1.807, 2.05) is 0 Å². The molecule has 1 aromatic heterocycles. The molecule has 0 aliphatic carbocycles. The Labute approximate surface area is 186 Å². The molecule has 1 aliphatic rings. The number of carboxylic acids is 1. The van der Waals surface area contributed by atoms with Crippen LogP contribution >= 0.6 is 0 Å². The van der Waals surface area contributed by atoms with Gasteiger partial charge in [-0.15, -0.1) is 0 Å². The molecule has 11 heteroatoms. The van der Waals surface area contributed by atoms with E-state index in [0.717, 1.165) is 32.5 Å². The first-order valence-electron chi connectivity index (χ1n) is 10.2. The van der Waals surface area contributed by atoms with Crippen molar-refractivity contribution in [3.05, 3.63) is 69.9 Å². The molecular weight excluding hydrogens is 443 g/mol. The molecule has 2 aromatic carbocycles. The molecule has 0 bridgehead atoms. The van der Waals surface area contributed by atoms with Gasteiger partial charge in [-0.3, -0.25) is 10.1 Å². The Morgan fingerprint density at radius 3 is 2.48 bits per heavy atom. The second-order valence-electron chi connectivity index (χ2n) is 7.28. The van der Waals surface area contributed by atoms with E-state index >= 15 is 0 Å². The summed E-state index contributed by atoms with van der Waals surface area (Å²) in [5, 5.41) is 22.6. The Morgan fingerprint density at radius 1 is 1.18 bits per heavy atom. The lowest BCUT2D eigenvalue weighted by Gasteiger charge is -2.17. The molecule has 176 valence electrons. The predicted octanol–water partition coefficient (Wildman–Crippen LogP) is 4.30. The Kier molecular flexibility index (Phi) is 7.54. The van der Waals surface area contributed by atoms with E-state index in [0.29, 0.717) is 12.4 Å². The highest BCUT2D eigenvalue weighted by Crippen LogP contribution is 2.29. The van der Waals surface area contributed by atoms with Gasteiger partial charge in [0.1, 0.15) is 5.75 Å². The van der Waals surface area contributed by atoms with Crippen molar-refractivity contribution < 1.29 is 32.7 Å². The van der Waals surface area contributed by atoms with Gasteiger partial charge < -0.3 is 19.7 Å². The quantitative estimate of drug-likeness (QED) is 0.319. The van der Waals surface area contributed by atoms with Crippen LogP contribution in [0.25, 0.3) is 10.9 Å². The predicted molar refractivity (Wildman–Crippen MR) is 114 cm³/mol. The molecule has 2 heterocycles. The summed E-state index contributed by atoms with van der Waals surface area (Å²) in [5.74, 6) is -2.09. The Morgan fingerprint density at radius 2 is 1.85 bits per heavy atom. The van der Waals surface area contributed by atoms with Crippen LogP contribution in [0.15, 0.2) is 48.5 Å². The zero-order valence-corrected chi connectivity index (χ0v) is 17.5. The Balaban J connectivity index is 0.000000383. The summed E-state index contributed by atoms with van der Waals surface area (Å²) in [5.41, 5.74) is 4.22. The largest absolute Gasteiger partial charge is 0.494 e. The van der Waals surface area contributed by atoms with Crippen molar-refractivity contribution in [3.8, 4) is 5.75 Å². The summed E-state index contributed by atoms with van der Waals surface area (Å²) >= 11 is 0. The first-order chi connectivity index (χ1) is 15.7. The standard InChI is InChI=1S/C20H21N3O3.C2HF3O2/c24-23(25)15-6-8-16(9-7-15)26-13-3-12-22-19-5-2-1-4-17(19)18-10-11-21-14-20(18)22;3-2(4,5)1(6)7/h1-2,4-9,21H,3,10-14H2;(H,6,7). The highest BCUT2D eigenvalue weighted by atomic mass is 19.4. The average Bonchev–Trinajstić information content (AvgIpc) is 3.11. The van der Waals surface area contributed by atoms with Gasteiger partial charge in [0.25, 0.3) is 5.69 Å². The van der Waals surface area contributed by atoms with Gasteiger partial charge in [0.15, 0.2) is 0 Å². The molecule has 0 amide bonds. The molecule has 0 spiro atoms. The monoisotopic (exact) mass is 465 g/mol. The number of para-hydroxylation sites is 1. The number of nitro groups is 1. The van der Waals surface area contributed by atoms with Gasteiger partial charge in [0.2, 0.25) is 0 Å². The van der Waals surface area contributed by atoms with E-state index in [4.69, 9.17) is 14.6 Å². The molecule has 3 aromatic rings. The van der Waals surface area contributed by atoms with E-state index in [1.165, 1.54) is 34.3 Å². The fourth-order valence-electron chi connectivity index (χ4n) is 3.66. The van der Waals surface area contributed by atoms with Crippen molar-refractivity contribution in [2.24, 2.45) is 0 Å². The van der Waals surface area contributed by atoms with E-state index < -0.39 is 17.1 Å². The number of nitrogens with zero attached hydrogens (tertiary/aromatic N) is 2. The van der Waals surface area contributed by atoms with Crippen LogP contribution in [-0.2, 0) is 24.3 Å². The third-order valence-corrected chi connectivity index (χ3v) is 5.12. The lowest BCUT2D eigenvalue weighted by molar-refractivity contribution is -0.384. The summed E-state index contributed by atoms with van der Waals surface area (Å²) in [6.45, 7) is 3.41. The molecular formula is C22H22F3N3O5. The second-order valence-corrected chi connectivity index (χ2v) is 7.28. The van der Waals surface area contributed by atoms with E-state index in [9.17, 15) is 23.3 Å². The van der Waals surface area contributed by atoms with Crippen LogP contribution < -0.4 is 10.1 Å². The van der Waals surface area contributed by atoms with Crippen molar-refractivity contribution >= 4 is 22.6 Å². The van der Waals surface area contributed by atoms with Crippen LogP contribution in [0, 0.1) is 10.1 Å². The highest BCUT2D eigenvalue weighted by Gasteiger charge is 2.38. The minimum atomic E-state index is -5.08. The van der Waals surface area contributed by atoms with Crippen molar-refractivity contribution in [2.75, 3.05) is 13.2 Å².